The molecular weight excluding hydrogens is 394 g/mol. The second kappa shape index (κ2) is 11.5. The lowest BCUT2D eigenvalue weighted by Gasteiger charge is -2.32. The maximum atomic E-state index is 10.5. The minimum atomic E-state index is -0.534. The quantitative estimate of drug-likeness (QED) is 0.582. The highest BCUT2D eigenvalue weighted by molar-refractivity contribution is 5.43. The number of aryl methyl sites for hydroxylation is 1. The number of hydrogen-bond acceptors (Lipinski definition) is 7. The molecule has 1 aliphatic rings. The van der Waals surface area contributed by atoms with Gasteiger partial charge in [0.1, 0.15) is 12.7 Å². The van der Waals surface area contributed by atoms with Gasteiger partial charge in [-0.1, -0.05) is 30.5 Å². The molecule has 1 atom stereocenters. The molecule has 0 unspecified atom stereocenters. The van der Waals surface area contributed by atoms with E-state index in [0.717, 1.165) is 23.6 Å². The van der Waals surface area contributed by atoms with Crippen LogP contribution in [-0.2, 0) is 13.1 Å². The van der Waals surface area contributed by atoms with E-state index in [1.807, 2.05) is 38.2 Å². The van der Waals surface area contributed by atoms with Gasteiger partial charge in [0.15, 0.2) is 17.3 Å². The summed E-state index contributed by atoms with van der Waals surface area (Å²) in [6.07, 6.45) is 5.83. The van der Waals surface area contributed by atoms with E-state index < -0.39 is 6.10 Å². The maximum absolute atomic E-state index is 10.5. The summed E-state index contributed by atoms with van der Waals surface area (Å²) in [7, 11) is 5.78. The van der Waals surface area contributed by atoms with E-state index in [0.29, 0.717) is 30.6 Å². The molecule has 31 heavy (non-hydrogen) atoms. The van der Waals surface area contributed by atoms with Gasteiger partial charge in [0.2, 0.25) is 0 Å². The zero-order valence-corrected chi connectivity index (χ0v) is 19.3. The molecule has 1 aromatic carbocycles. The van der Waals surface area contributed by atoms with E-state index in [-0.39, 0.29) is 6.61 Å². The first kappa shape index (κ1) is 23.6. The van der Waals surface area contributed by atoms with Crippen LogP contribution < -0.4 is 9.47 Å². The van der Waals surface area contributed by atoms with Crippen molar-refractivity contribution in [2.45, 2.75) is 64.3 Å². The fourth-order valence-electron chi connectivity index (χ4n) is 4.30. The summed E-state index contributed by atoms with van der Waals surface area (Å²) >= 11 is 0. The molecule has 1 N–H and O–H groups in total. The molecule has 1 fully saturated rings. The third-order valence-corrected chi connectivity index (χ3v) is 5.91. The molecule has 7 heteroatoms. The fraction of sp³-hybridized carbons (Fsp3) is 0.625. The molecule has 1 aromatic heterocycles. The van der Waals surface area contributed by atoms with Crippen molar-refractivity contribution in [2.24, 2.45) is 0 Å². The Hall–Kier alpha value is -2.09. The van der Waals surface area contributed by atoms with Gasteiger partial charge in [0, 0.05) is 25.2 Å². The molecule has 7 nitrogen and oxygen atoms in total. The average Bonchev–Trinajstić information content (AvgIpc) is 3.17. The number of benzene rings is 1. The minimum Gasteiger partial charge on any atom is -0.493 e. The topological polar surface area (TPSA) is 71.2 Å². The Bertz CT molecular complexity index is 804. The Balaban J connectivity index is 1.49. The molecule has 3 rings (SSSR count). The lowest BCUT2D eigenvalue weighted by atomic mass is 9.94. The first-order chi connectivity index (χ1) is 14.9. The molecule has 0 saturated heterocycles. The van der Waals surface area contributed by atoms with Crippen molar-refractivity contribution in [3.8, 4) is 11.5 Å². The highest BCUT2D eigenvalue weighted by Gasteiger charge is 2.20. The number of nitrogens with zero attached hydrogens (tertiary/aromatic N) is 3. The van der Waals surface area contributed by atoms with Gasteiger partial charge in [-0.15, -0.1) is 0 Å². The van der Waals surface area contributed by atoms with Crippen LogP contribution in [0.15, 0.2) is 28.8 Å². The molecule has 0 radical (unpaired) electrons. The lowest BCUT2D eigenvalue weighted by molar-refractivity contribution is 0.0553. The van der Waals surface area contributed by atoms with Crippen LogP contribution >= 0.6 is 0 Å². The molecule has 0 aliphatic heterocycles. The van der Waals surface area contributed by atoms with E-state index in [2.05, 4.69) is 22.0 Å². The van der Waals surface area contributed by atoms with Crippen LogP contribution in [0.4, 0.5) is 0 Å². The van der Waals surface area contributed by atoms with Crippen molar-refractivity contribution in [1.82, 2.24) is 15.0 Å². The Morgan fingerprint density at radius 2 is 1.90 bits per heavy atom. The maximum Gasteiger partial charge on any atom is 0.161 e. The van der Waals surface area contributed by atoms with Crippen molar-refractivity contribution in [1.29, 1.82) is 0 Å². The van der Waals surface area contributed by atoms with Gasteiger partial charge in [0.05, 0.1) is 19.3 Å². The molecule has 1 saturated carbocycles. The molecular formula is C24H37N3O4. The summed E-state index contributed by atoms with van der Waals surface area (Å²) in [6.45, 7) is 4.21. The Kier molecular flexibility index (Phi) is 8.75. The van der Waals surface area contributed by atoms with Crippen LogP contribution in [0.2, 0.25) is 0 Å². The first-order valence-corrected chi connectivity index (χ1v) is 11.2. The zero-order chi connectivity index (χ0) is 22.2. The Morgan fingerprint density at radius 3 is 2.58 bits per heavy atom. The summed E-state index contributed by atoms with van der Waals surface area (Å²) in [4.78, 5) is 4.43. The van der Waals surface area contributed by atoms with Crippen molar-refractivity contribution in [2.75, 3.05) is 34.4 Å². The molecule has 172 valence electrons. The van der Waals surface area contributed by atoms with E-state index in [9.17, 15) is 5.11 Å². The highest BCUT2D eigenvalue weighted by atomic mass is 16.5. The normalized spacial score (nSPS) is 16.1. The summed E-state index contributed by atoms with van der Waals surface area (Å²) in [5, 5.41) is 14.4. The minimum absolute atomic E-state index is 0.248. The summed E-state index contributed by atoms with van der Waals surface area (Å²) < 4.78 is 16.7. The summed E-state index contributed by atoms with van der Waals surface area (Å²) in [5.41, 5.74) is 2.00. The van der Waals surface area contributed by atoms with Gasteiger partial charge >= 0.3 is 0 Å². The highest BCUT2D eigenvalue weighted by Crippen LogP contribution is 2.29. The predicted octanol–water partition coefficient (Wildman–Crippen LogP) is 3.63. The standard InChI is InChI=1S/C24H37N3O4/c1-18-12-22(31-25-18)16-26(2)14-19-10-11-23(24(13-19)29-4)30-17-21(28)15-27(3)20-8-6-5-7-9-20/h10-13,20-21,28H,5-9,14-17H2,1-4H3/t21-/m1/s1. The van der Waals surface area contributed by atoms with Crippen LogP contribution in [0.25, 0.3) is 0 Å². The van der Waals surface area contributed by atoms with Crippen LogP contribution in [0.1, 0.15) is 49.1 Å². The fourth-order valence-corrected chi connectivity index (χ4v) is 4.30. The monoisotopic (exact) mass is 431 g/mol. The number of methoxy groups -OCH3 is 1. The van der Waals surface area contributed by atoms with Gasteiger partial charge < -0.3 is 24.0 Å². The molecule has 0 spiro atoms. The average molecular weight is 432 g/mol. The number of ether oxygens (including phenoxy) is 2. The molecule has 1 heterocycles. The van der Waals surface area contributed by atoms with Crippen molar-refractivity contribution < 1.29 is 19.1 Å². The third kappa shape index (κ3) is 7.23. The summed E-state index contributed by atoms with van der Waals surface area (Å²) in [6, 6.07) is 8.46. The number of aliphatic hydroxyl groups excluding tert-OH is 1. The third-order valence-electron chi connectivity index (χ3n) is 5.91. The van der Waals surface area contributed by atoms with Gasteiger partial charge in [-0.2, -0.15) is 0 Å². The first-order valence-electron chi connectivity index (χ1n) is 11.2. The van der Waals surface area contributed by atoms with Crippen LogP contribution in [0.5, 0.6) is 11.5 Å². The van der Waals surface area contributed by atoms with Crippen molar-refractivity contribution >= 4 is 0 Å². The SMILES string of the molecule is COc1cc(CN(C)Cc2cc(C)no2)ccc1OC[C@H](O)CN(C)C1CCCCC1. The molecule has 0 bridgehead atoms. The van der Waals surface area contributed by atoms with Crippen LogP contribution in [0, 0.1) is 6.92 Å². The van der Waals surface area contributed by atoms with Crippen LogP contribution in [0.3, 0.4) is 0 Å². The van der Waals surface area contributed by atoms with Crippen molar-refractivity contribution in [3.63, 3.8) is 0 Å². The molecule has 0 amide bonds. The second-order valence-corrected chi connectivity index (χ2v) is 8.79. The van der Waals surface area contributed by atoms with E-state index >= 15 is 0 Å². The van der Waals surface area contributed by atoms with Crippen LogP contribution in [-0.4, -0.2) is 66.6 Å². The Morgan fingerprint density at radius 1 is 1.13 bits per heavy atom. The summed E-state index contributed by atoms with van der Waals surface area (Å²) in [5.74, 6) is 2.17. The van der Waals surface area contributed by atoms with Gasteiger partial charge in [-0.3, -0.25) is 4.90 Å². The van der Waals surface area contributed by atoms with Crippen molar-refractivity contribution in [3.05, 3.63) is 41.3 Å². The van der Waals surface area contributed by atoms with Gasteiger partial charge in [0.25, 0.3) is 0 Å². The smallest absolute Gasteiger partial charge is 0.161 e. The molecule has 2 aromatic rings. The number of rotatable bonds is 11. The predicted molar refractivity (Wildman–Crippen MR) is 120 cm³/mol. The van der Waals surface area contributed by atoms with E-state index in [1.165, 1.54) is 32.1 Å². The largest absolute Gasteiger partial charge is 0.493 e. The number of hydrogen-bond donors (Lipinski definition) is 1. The van der Waals surface area contributed by atoms with Gasteiger partial charge in [-0.05, 0) is 51.6 Å². The molecule has 1 aliphatic carbocycles. The van der Waals surface area contributed by atoms with Gasteiger partial charge in [-0.25, -0.2) is 0 Å². The van der Waals surface area contributed by atoms with E-state index in [4.69, 9.17) is 14.0 Å². The number of aliphatic hydroxyl groups is 1. The number of likely N-dealkylation sites (N-methyl/N-ethyl adjacent to an activating group) is 1. The number of aromatic nitrogens is 1. The van der Waals surface area contributed by atoms with E-state index in [1.54, 1.807) is 7.11 Å². The Labute approximate surface area is 185 Å². The second-order valence-electron chi connectivity index (χ2n) is 8.79. The zero-order valence-electron chi connectivity index (χ0n) is 19.3. The lowest BCUT2D eigenvalue weighted by Crippen LogP contribution is -2.40.